The van der Waals surface area contributed by atoms with Gasteiger partial charge in [-0.15, -0.1) is 0 Å². The van der Waals surface area contributed by atoms with Crippen LogP contribution in [-0.2, 0) is 0 Å². The third kappa shape index (κ3) is 8.26. The predicted octanol–water partition coefficient (Wildman–Crippen LogP) is 18.9. The smallest absolute Gasteiger partial charge is 0.0635 e. The monoisotopic (exact) mass is 957 g/mol. The Labute approximate surface area is 437 Å². The van der Waals surface area contributed by atoms with Gasteiger partial charge in [-0.3, -0.25) is 4.99 Å². The second kappa shape index (κ2) is 19.6. The van der Waals surface area contributed by atoms with Crippen molar-refractivity contribution in [2.45, 2.75) is 70.4 Å². The van der Waals surface area contributed by atoms with Gasteiger partial charge in [0.25, 0.3) is 0 Å². The van der Waals surface area contributed by atoms with Crippen molar-refractivity contribution in [3.63, 3.8) is 0 Å². The molecule has 9 aromatic rings. The molecular weight excluding hydrogens is 893 g/mol. The zero-order valence-corrected chi connectivity index (χ0v) is 42.9. The Hall–Kier alpha value is -7.81. The molecule has 8 atom stereocenters. The van der Waals surface area contributed by atoms with Gasteiger partial charge in [0.2, 0.25) is 0 Å². The highest BCUT2D eigenvalue weighted by molar-refractivity contribution is 6.28. The summed E-state index contributed by atoms with van der Waals surface area (Å²) in [5, 5.41) is 7.74. The molecule has 0 bridgehead atoms. The zero-order chi connectivity index (χ0) is 49.7. The first kappa shape index (κ1) is 46.0. The number of benzene rings is 9. The molecule has 74 heavy (non-hydrogen) atoms. The van der Waals surface area contributed by atoms with Crippen molar-refractivity contribution in [3.05, 3.63) is 259 Å². The maximum absolute atomic E-state index is 6.01. The molecule has 0 saturated carbocycles. The Bertz CT molecular complexity index is 3710. The Morgan fingerprint density at radius 1 is 0.554 bits per heavy atom. The van der Waals surface area contributed by atoms with E-state index in [-0.39, 0.29) is 18.0 Å². The van der Waals surface area contributed by atoms with Gasteiger partial charge in [0, 0.05) is 28.9 Å². The highest BCUT2D eigenvalue weighted by Gasteiger charge is 2.39. The molecule has 2 aliphatic heterocycles. The van der Waals surface area contributed by atoms with Crippen LogP contribution in [0.5, 0.6) is 0 Å². The molecule has 362 valence electrons. The number of hydrogen-bond donors (Lipinski definition) is 0. The number of allylic oxidation sites excluding steroid dienone is 5. The number of hydrogen-bond acceptors (Lipinski definition) is 2. The first-order valence-electron chi connectivity index (χ1n) is 27.4. The van der Waals surface area contributed by atoms with Gasteiger partial charge in [0.1, 0.15) is 0 Å². The van der Waals surface area contributed by atoms with E-state index in [1.807, 2.05) is 0 Å². The summed E-state index contributed by atoms with van der Waals surface area (Å²) in [6, 6.07) is 73.2. The fraction of sp³-hybridized carbons (Fsp3) is 0.208. The van der Waals surface area contributed by atoms with E-state index in [1.165, 1.54) is 99.5 Å². The number of para-hydroxylation sites is 1. The lowest BCUT2D eigenvalue weighted by molar-refractivity contribution is 0.273. The Morgan fingerprint density at radius 3 is 2.03 bits per heavy atom. The molecule has 2 heterocycles. The number of anilines is 2. The van der Waals surface area contributed by atoms with Gasteiger partial charge >= 0.3 is 0 Å². The topological polar surface area (TPSA) is 15.6 Å². The molecule has 0 radical (unpaired) electrons. The van der Waals surface area contributed by atoms with Crippen LogP contribution in [0.2, 0.25) is 0 Å². The Kier molecular flexibility index (Phi) is 12.2. The van der Waals surface area contributed by atoms with Crippen LogP contribution in [-0.4, -0.2) is 17.8 Å². The van der Waals surface area contributed by atoms with Crippen molar-refractivity contribution in [2.75, 3.05) is 4.90 Å². The molecule has 0 saturated heterocycles. The summed E-state index contributed by atoms with van der Waals surface area (Å²) >= 11 is 0. The minimum absolute atomic E-state index is 0.153. The molecule has 0 N–H and O–H groups in total. The van der Waals surface area contributed by atoms with Gasteiger partial charge in [-0.1, -0.05) is 234 Å². The molecule has 13 rings (SSSR count). The zero-order valence-electron chi connectivity index (χ0n) is 42.9. The van der Waals surface area contributed by atoms with Crippen LogP contribution in [0.4, 0.5) is 11.4 Å². The van der Waals surface area contributed by atoms with Crippen LogP contribution in [0.1, 0.15) is 80.5 Å². The second-order valence-electron chi connectivity index (χ2n) is 21.7. The molecule has 2 heteroatoms. The van der Waals surface area contributed by atoms with Gasteiger partial charge in [0.05, 0.1) is 12.1 Å². The third-order valence-electron chi connectivity index (χ3n) is 17.4. The summed E-state index contributed by atoms with van der Waals surface area (Å²) < 4.78 is 0. The number of rotatable bonds is 8. The number of nitrogens with zero attached hydrogens (tertiary/aromatic N) is 2. The lowest BCUT2D eigenvalue weighted by Gasteiger charge is -2.33. The van der Waals surface area contributed by atoms with Crippen molar-refractivity contribution >= 4 is 55.0 Å². The number of fused-ring (bicyclic) bond motifs is 9. The van der Waals surface area contributed by atoms with Crippen LogP contribution in [0.3, 0.4) is 0 Å². The quantitative estimate of drug-likeness (QED) is 0.139. The van der Waals surface area contributed by atoms with Gasteiger partial charge in [-0.2, -0.15) is 0 Å². The fourth-order valence-corrected chi connectivity index (χ4v) is 13.7. The molecule has 2 nitrogen and oxygen atoms in total. The summed E-state index contributed by atoms with van der Waals surface area (Å²) in [5.74, 6) is 2.44. The summed E-state index contributed by atoms with van der Waals surface area (Å²) in [5.41, 5.74) is 15.3. The van der Waals surface area contributed by atoms with Crippen LogP contribution in [0, 0.1) is 23.7 Å². The summed E-state index contributed by atoms with van der Waals surface area (Å²) in [6.45, 7) is 7.35. The highest BCUT2D eigenvalue weighted by atomic mass is 15.2. The average molecular weight is 957 g/mol. The van der Waals surface area contributed by atoms with Crippen molar-refractivity contribution < 1.29 is 0 Å². The second-order valence-corrected chi connectivity index (χ2v) is 21.7. The standard InChI is InChI=1S/C72H64N2/c1-4-49-44-66(52-22-10-6-11-23-52)47(2)42-48(3)71(73-72(49)53-24-12-7-13-25-53)57-27-18-26-56(43-57)59-31-19-32-64-60-28-14-15-29-61(60)67-45-54(37-41-65(67)70(59)64)55-36-40-63-62-30-16-17-33-68(62)74(69(63)46-55)58-38-34-51(35-39-58)50-20-8-5-9-21-50/h5-24,26-41,43,45-49,53,63,66,69,72H,4,25,42,44H2,1-3H3/t47-,48-,49+,53?,63?,66?,69?,72?/m1/s1. The van der Waals surface area contributed by atoms with E-state index in [1.54, 1.807) is 0 Å². The summed E-state index contributed by atoms with van der Waals surface area (Å²) in [7, 11) is 0. The minimum atomic E-state index is 0.153. The van der Waals surface area contributed by atoms with E-state index < -0.39 is 0 Å². The fourth-order valence-electron chi connectivity index (χ4n) is 13.7. The van der Waals surface area contributed by atoms with E-state index >= 15 is 0 Å². The predicted molar refractivity (Wildman–Crippen MR) is 316 cm³/mol. The molecular formula is C72H64N2. The summed E-state index contributed by atoms with van der Waals surface area (Å²) in [4.78, 5) is 8.57. The Morgan fingerprint density at radius 2 is 1.23 bits per heavy atom. The first-order valence-corrected chi connectivity index (χ1v) is 27.4. The average Bonchev–Trinajstić information content (AvgIpc) is 3.82. The lowest BCUT2D eigenvalue weighted by Crippen LogP contribution is -2.30. The van der Waals surface area contributed by atoms with Crippen LogP contribution < -0.4 is 4.90 Å². The van der Waals surface area contributed by atoms with E-state index in [0.717, 1.165) is 25.7 Å². The molecule has 9 aromatic carbocycles. The minimum Gasteiger partial charge on any atom is -0.333 e. The van der Waals surface area contributed by atoms with E-state index in [4.69, 9.17) is 4.99 Å². The van der Waals surface area contributed by atoms with Gasteiger partial charge in [-0.25, -0.2) is 0 Å². The van der Waals surface area contributed by atoms with E-state index in [9.17, 15) is 0 Å². The third-order valence-corrected chi connectivity index (χ3v) is 17.4. The van der Waals surface area contributed by atoms with Crippen molar-refractivity contribution in [2.24, 2.45) is 28.7 Å². The largest absolute Gasteiger partial charge is 0.333 e. The maximum Gasteiger partial charge on any atom is 0.0635 e. The first-order chi connectivity index (χ1) is 36.5. The molecule has 5 unspecified atom stereocenters. The van der Waals surface area contributed by atoms with Crippen LogP contribution in [0.15, 0.2) is 242 Å². The van der Waals surface area contributed by atoms with Crippen molar-refractivity contribution in [1.82, 2.24) is 0 Å². The number of aliphatic imine (C=N–C) groups is 1. The van der Waals surface area contributed by atoms with Gasteiger partial charge in [0.15, 0.2) is 0 Å². The van der Waals surface area contributed by atoms with Gasteiger partial charge < -0.3 is 4.90 Å². The molecule has 0 fully saturated rings. The Balaban J connectivity index is 0.903. The molecule has 2 aliphatic carbocycles. The maximum atomic E-state index is 6.01. The molecule has 0 spiro atoms. The highest BCUT2D eigenvalue weighted by Crippen LogP contribution is 2.50. The lowest BCUT2D eigenvalue weighted by atomic mass is 9.73. The van der Waals surface area contributed by atoms with E-state index in [2.05, 4.69) is 262 Å². The van der Waals surface area contributed by atoms with Crippen molar-refractivity contribution in [3.8, 4) is 22.3 Å². The normalized spacial score (nSPS) is 23.5. The molecule has 0 amide bonds. The van der Waals surface area contributed by atoms with E-state index in [0.29, 0.717) is 29.6 Å². The summed E-state index contributed by atoms with van der Waals surface area (Å²) in [6.07, 6.45) is 21.0. The van der Waals surface area contributed by atoms with Crippen LogP contribution >= 0.6 is 0 Å². The molecule has 0 aromatic heterocycles. The van der Waals surface area contributed by atoms with Crippen LogP contribution in [0.25, 0.3) is 60.1 Å². The van der Waals surface area contributed by atoms with Gasteiger partial charge in [-0.05, 0) is 156 Å². The molecule has 4 aliphatic rings. The van der Waals surface area contributed by atoms with Crippen molar-refractivity contribution in [1.29, 1.82) is 0 Å². The SMILES string of the molecule is CC[C@H]1CC(c2ccccc2)[C@H](C)C[C@@H](C)C(c2cccc(-c3cccc4c5ccccc5c5cc(C6=CC7C(C=C6)c6ccccc6N7c6ccc(-c7ccccc7)cc6)ccc5c34)c2)=NC1C1C=CC=CC1.